The molecule has 8 N–H and O–H groups in total. The van der Waals surface area contributed by atoms with E-state index in [-0.39, 0.29) is 17.9 Å². The lowest BCUT2D eigenvalue weighted by molar-refractivity contribution is 0.0646. The fourth-order valence-electron chi connectivity index (χ4n) is 2.65. The minimum Gasteiger partial charge on any atom is -0.388 e. The zero-order valence-electron chi connectivity index (χ0n) is 15.9. The van der Waals surface area contributed by atoms with Gasteiger partial charge < -0.3 is 27.6 Å². The van der Waals surface area contributed by atoms with Gasteiger partial charge in [-0.25, -0.2) is 9.97 Å². The summed E-state index contributed by atoms with van der Waals surface area (Å²) in [5.74, 6) is 0.559. The third-order valence-electron chi connectivity index (χ3n) is 4.80. The van der Waals surface area contributed by atoms with Crippen LogP contribution in [0.3, 0.4) is 0 Å². The number of nitrogens with two attached hydrogens (primary N) is 3. The molecule has 2 heterocycles. The highest BCUT2D eigenvalue weighted by Gasteiger charge is 2.32. The molecule has 3 aromatic rings. The van der Waals surface area contributed by atoms with E-state index < -0.39 is 11.3 Å². The molecule has 2 aromatic heterocycles. The van der Waals surface area contributed by atoms with Gasteiger partial charge in [-0.2, -0.15) is 4.98 Å². The van der Waals surface area contributed by atoms with Gasteiger partial charge in [-0.3, -0.25) is 4.57 Å². The van der Waals surface area contributed by atoms with Crippen molar-refractivity contribution in [3.05, 3.63) is 41.6 Å². The van der Waals surface area contributed by atoms with Crippen LogP contribution in [0.4, 0.5) is 11.9 Å². The van der Waals surface area contributed by atoms with E-state index in [1.165, 1.54) is 0 Å². The molecule has 0 saturated carbocycles. The molecule has 0 aliphatic heterocycles. The smallest absolute Gasteiger partial charge is 0.225 e. The molecule has 9 heteroatoms. The fraction of sp³-hybridized carbons (Fsp3) is 0.389. The largest absolute Gasteiger partial charge is 0.388 e. The van der Waals surface area contributed by atoms with Crippen LogP contribution in [0.15, 0.2) is 30.3 Å². The van der Waals surface area contributed by atoms with Gasteiger partial charge in [0.2, 0.25) is 11.9 Å². The maximum absolute atomic E-state index is 10.2. The minimum atomic E-state index is -1.41. The standard InChI is InChI=1S/C18H26N8O/c1-10(17(2,3)27)22-16-24-13(12-14(25-16)26(4)15(19)23-12)18(20,21)11-8-6-5-7-9-11/h5-10,27H,20-21H2,1-4H3,(H2,19,23)(H,22,24,25). The molecule has 3 rings (SSSR count). The van der Waals surface area contributed by atoms with Crippen LogP contribution in [0.1, 0.15) is 32.0 Å². The number of benzene rings is 1. The Morgan fingerprint density at radius 1 is 1.11 bits per heavy atom. The van der Waals surface area contributed by atoms with Gasteiger partial charge in [-0.05, 0) is 26.3 Å². The Morgan fingerprint density at radius 3 is 2.33 bits per heavy atom. The van der Waals surface area contributed by atoms with Crippen molar-refractivity contribution in [2.45, 2.75) is 38.1 Å². The average Bonchev–Trinajstić information content (AvgIpc) is 2.89. The lowest BCUT2D eigenvalue weighted by Crippen LogP contribution is -2.48. The molecule has 1 atom stereocenters. The van der Waals surface area contributed by atoms with Crippen LogP contribution in [-0.4, -0.2) is 36.3 Å². The Hall–Kier alpha value is -2.75. The van der Waals surface area contributed by atoms with E-state index in [0.29, 0.717) is 22.4 Å². The van der Waals surface area contributed by atoms with Crippen molar-refractivity contribution >= 4 is 23.1 Å². The Morgan fingerprint density at radius 2 is 1.74 bits per heavy atom. The number of hydrogen-bond donors (Lipinski definition) is 5. The monoisotopic (exact) mass is 370 g/mol. The number of nitrogens with one attached hydrogen (secondary N) is 1. The zero-order valence-corrected chi connectivity index (χ0v) is 15.9. The van der Waals surface area contributed by atoms with Gasteiger partial charge in [0.05, 0.1) is 11.6 Å². The minimum absolute atomic E-state index is 0.275. The Labute approximate surface area is 157 Å². The molecule has 0 spiro atoms. The molecule has 0 saturated heterocycles. The topological polar surface area (TPSA) is 154 Å². The molecule has 1 unspecified atom stereocenters. The van der Waals surface area contributed by atoms with Crippen molar-refractivity contribution in [1.29, 1.82) is 0 Å². The van der Waals surface area contributed by atoms with Crippen molar-refractivity contribution in [2.24, 2.45) is 18.5 Å². The van der Waals surface area contributed by atoms with Crippen LogP contribution in [-0.2, 0) is 12.7 Å². The van der Waals surface area contributed by atoms with E-state index in [9.17, 15) is 5.11 Å². The van der Waals surface area contributed by atoms with Crippen LogP contribution in [0, 0.1) is 0 Å². The number of nitrogen functional groups attached to an aromatic ring is 1. The van der Waals surface area contributed by atoms with Crippen molar-refractivity contribution in [3.63, 3.8) is 0 Å². The molecular formula is C18H26N8O. The highest BCUT2D eigenvalue weighted by Crippen LogP contribution is 2.28. The molecule has 0 amide bonds. The first kappa shape index (κ1) is 19.0. The Kier molecular flexibility index (Phi) is 4.54. The number of rotatable bonds is 5. The van der Waals surface area contributed by atoms with Gasteiger partial charge in [0.1, 0.15) is 16.9 Å². The van der Waals surface area contributed by atoms with Crippen molar-refractivity contribution < 1.29 is 5.11 Å². The summed E-state index contributed by atoms with van der Waals surface area (Å²) in [6.45, 7) is 5.23. The maximum atomic E-state index is 10.2. The van der Waals surface area contributed by atoms with Crippen LogP contribution >= 0.6 is 0 Å². The normalized spacial score (nSPS) is 13.7. The van der Waals surface area contributed by atoms with Crippen LogP contribution in [0.2, 0.25) is 0 Å². The van der Waals surface area contributed by atoms with Gasteiger partial charge >= 0.3 is 0 Å². The van der Waals surface area contributed by atoms with Crippen molar-refractivity contribution in [1.82, 2.24) is 19.5 Å². The van der Waals surface area contributed by atoms with E-state index in [0.717, 1.165) is 0 Å². The number of hydrogen-bond acceptors (Lipinski definition) is 8. The molecule has 144 valence electrons. The van der Waals surface area contributed by atoms with Gasteiger partial charge in [-0.1, -0.05) is 30.3 Å². The number of aliphatic hydroxyl groups is 1. The number of imidazole rings is 1. The average molecular weight is 370 g/mol. The Bertz CT molecular complexity index is 959. The molecule has 0 aliphatic carbocycles. The second-order valence-electron chi connectivity index (χ2n) is 7.35. The zero-order chi connectivity index (χ0) is 20.0. The molecular weight excluding hydrogens is 344 g/mol. The fourth-order valence-corrected chi connectivity index (χ4v) is 2.65. The molecule has 1 aromatic carbocycles. The van der Waals surface area contributed by atoms with E-state index >= 15 is 0 Å². The lowest BCUT2D eigenvalue weighted by atomic mass is 9.97. The van der Waals surface area contributed by atoms with Gasteiger partial charge in [0, 0.05) is 7.05 Å². The first-order valence-electron chi connectivity index (χ1n) is 8.64. The van der Waals surface area contributed by atoms with Crippen LogP contribution in [0.5, 0.6) is 0 Å². The highest BCUT2D eigenvalue weighted by molar-refractivity contribution is 5.79. The summed E-state index contributed by atoms with van der Waals surface area (Å²) < 4.78 is 1.64. The van der Waals surface area contributed by atoms with E-state index in [2.05, 4.69) is 20.3 Å². The van der Waals surface area contributed by atoms with Gasteiger partial charge in [0.15, 0.2) is 5.65 Å². The van der Waals surface area contributed by atoms with Crippen LogP contribution in [0.25, 0.3) is 11.2 Å². The quantitative estimate of drug-likeness (QED) is 0.410. The van der Waals surface area contributed by atoms with Crippen LogP contribution < -0.4 is 22.5 Å². The van der Waals surface area contributed by atoms with Gasteiger partial charge in [-0.15, -0.1) is 0 Å². The first-order valence-corrected chi connectivity index (χ1v) is 8.64. The maximum Gasteiger partial charge on any atom is 0.225 e. The van der Waals surface area contributed by atoms with E-state index in [4.69, 9.17) is 17.2 Å². The summed E-state index contributed by atoms with van der Waals surface area (Å²) in [5.41, 5.74) is 18.5. The summed E-state index contributed by atoms with van der Waals surface area (Å²) in [7, 11) is 1.75. The number of nitrogens with zero attached hydrogens (tertiary/aromatic N) is 4. The number of fused-ring (bicyclic) bond motifs is 1. The molecule has 0 bridgehead atoms. The summed E-state index contributed by atoms with van der Waals surface area (Å²) in [4.78, 5) is 13.4. The molecule has 0 radical (unpaired) electrons. The number of aromatic nitrogens is 4. The predicted octanol–water partition coefficient (Wildman–Crippen LogP) is 0.635. The third kappa shape index (κ3) is 3.44. The summed E-state index contributed by atoms with van der Waals surface area (Å²) in [5, 5.41) is 13.3. The summed E-state index contributed by atoms with van der Waals surface area (Å²) >= 11 is 0. The predicted molar refractivity (Wildman–Crippen MR) is 106 cm³/mol. The van der Waals surface area contributed by atoms with E-state index in [1.807, 2.05) is 37.3 Å². The number of anilines is 2. The third-order valence-corrected chi connectivity index (χ3v) is 4.80. The summed E-state index contributed by atoms with van der Waals surface area (Å²) in [6.07, 6.45) is 0. The molecule has 9 nitrogen and oxygen atoms in total. The highest BCUT2D eigenvalue weighted by atomic mass is 16.3. The SMILES string of the molecule is CC(Nc1nc(C(N)(N)c2ccccc2)c2nc(N)n(C)c2n1)C(C)(C)O. The van der Waals surface area contributed by atoms with Crippen molar-refractivity contribution in [3.8, 4) is 0 Å². The molecule has 27 heavy (non-hydrogen) atoms. The van der Waals surface area contributed by atoms with Crippen molar-refractivity contribution in [2.75, 3.05) is 11.1 Å². The second-order valence-corrected chi connectivity index (χ2v) is 7.35. The molecule has 0 fully saturated rings. The van der Waals surface area contributed by atoms with Gasteiger partial charge in [0.25, 0.3) is 0 Å². The number of aryl methyl sites for hydroxylation is 1. The summed E-state index contributed by atoms with van der Waals surface area (Å²) in [6, 6.07) is 8.91. The van der Waals surface area contributed by atoms with E-state index in [1.54, 1.807) is 25.5 Å². The molecule has 0 aliphatic rings. The second kappa shape index (κ2) is 6.45. The Balaban J connectivity index is 2.20. The first-order chi connectivity index (χ1) is 12.5. The lowest BCUT2D eigenvalue weighted by Gasteiger charge is -2.28.